The van der Waals surface area contributed by atoms with E-state index >= 15 is 0 Å². The highest BCUT2D eigenvalue weighted by Gasteiger charge is 2.12. The van der Waals surface area contributed by atoms with Crippen LogP contribution in [0.2, 0.25) is 0 Å². The molecule has 1 aromatic carbocycles. The van der Waals surface area contributed by atoms with Crippen LogP contribution in [0, 0.1) is 0 Å². The predicted molar refractivity (Wildman–Crippen MR) is 67.6 cm³/mol. The molecule has 0 spiro atoms. The van der Waals surface area contributed by atoms with E-state index < -0.39 is 6.10 Å². The summed E-state index contributed by atoms with van der Waals surface area (Å²) in [6.07, 6.45) is 4.75. The number of nitrogens with zero attached hydrogens (tertiary/aromatic N) is 2. The van der Waals surface area contributed by atoms with Gasteiger partial charge in [-0.15, -0.1) is 0 Å². The Morgan fingerprint density at radius 2 is 2.06 bits per heavy atom. The van der Waals surface area contributed by atoms with Crippen molar-refractivity contribution < 1.29 is 5.11 Å². The summed E-state index contributed by atoms with van der Waals surface area (Å²) in [5, 5.41) is 10.1. The third kappa shape index (κ3) is 2.94. The molecule has 1 N–H and O–H groups in total. The average Bonchev–Trinajstić information content (AvgIpc) is 2.85. The van der Waals surface area contributed by atoms with Gasteiger partial charge in [-0.1, -0.05) is 30.3 Å². The minimum Gasteiger partial charge on any atom is -0.385 e. The van der Waals surface area contributed by atoms with Gasteiger partial charge >= 0.3 is 0 Å². The van der Waals surface area contributed by atoms with E-state index in [-0.39, 0.29) is 0 Å². The second kappa shape index (κ2) is 5.64. The van der Waals surface area contributed by atoms with E-state index in [0.29, 0.717) is 6.42 Å². The Balaban J connectivity index is 1.96. The van der Waals surface area contributed by atoms with Crippen LogP contribution in [0.4, 0.5) is 0 Å². The molecule has 3 nitrogen and oxygen atoms in total. The van der Waals surface area contributed by atoms with Crippen molar-refractivity contribution in [3.63, 3.8) is 0 Å². The molecule has 0 fully saturated rings. The first-order chi connectivity index (χ1) is 8.31. The van der Waals surface area contributed by atoms with Crippen molar-refractivity contribution >= 4 is 0 Å². The molecule has 0 bridgehead atoms. The van der Waals surface area contributed by atoms with Crippen molar-refractivity contribution in [3.05, 3.63) is 54.1 Å². The minimum absolute atomic E-state index is 0.481. The van der Waals surface area contributed by atoms with Crippen molar-refractivity contribution in [3.8, 4) is 0 Å². The van der Waals surface area contributed by atoms with Crippen LogP contribution in [0.5, 0.6) is 0 Å². The number of hydrogen-bond donors (Lipinski definition) is 1. The fraction of sp³-hybridized carbons (Fsp3) is 0.357. The zero-order chi connectivity index (χ0) is 12.1. The van der Waals surface area contributed by atoms with E-state index in [2.05, 4.69) is 24.0 Å². The molecule has 2 rings (SSSR count). The average molecular weight is 230 g/mol. The summed E-state index contributed by atoms with van der Waals surface area (Å²) in [7, 11) is 0. The standard InChI is InChI=1S/C14H18N2O/c1-2-16-11-10-15-14(16)13(17)9-8-12-6-4-3-5-7-12/h3-7,10-11,13,17H,2,8-9H2,1H3. The SMILES string of the molecule is CCn1ccnc1C(O)CCc1ccccc1. The monoisotopic (exact) mass is 230 g/mol. The Hall–Kier alpha value is -1.61. The van der Waals surface area contributed by atoms with Crippen molar-refractivity contribution in [2.75, 3.05) is 0 Å². The first-order valence-electron chi connectivity index (χ1n) is 6.04. The zero-order valence-corrected chi connectivity index (χ0v) is 10.1. The molecule has 90 valence electrons. The molecule has 1 atom stereocenters. The van der Waals surface area contributed by atoms with Gasteiger partial charge in [0.2, 0.25) is 0 Å². The van der Waals surface area contributed by atoms with E-state index in [1.165, 1.54) is 5.56 Å². The van der Waals surface area contributed by atoms with Gasteiger partial charge < -0.3 is 9.67 Å². The first-order valence-corrected chi connectivity index (χ1v) is 6.04. The van der Waals surface area contributed by atoms with Gasteiger partial charge in [0.1, 0.15) is 11.9 Å². The Morgan fingerprint density at radius 3 is 2.76 bits per heavy atom. The quantitative estimate of drug-likeness (QED) is 0.857. The van der Waals surface area contributed by atoms with Gasteiger partial charge in [0.25, 0.3) is 0 Å². The van der Waals surface area contributed by atoms with Gasteiger partial charge in [-0.2, -0.15) is 0 Å². The highest BCUT2D eigenvalue weighted by atomic mass is 16.3. The molecule has 0 aliphatic carbocycles. The number of rotatable bonds is 5. The van der Waals surface area contributed by atoms with Crippen LogP contribution in [-0.4, -0.2) is 14.7 Å². The van der Waals surface area contributed by atoms with Crippen LogP contribution in [0.3, 0.4) is 0 Å². The molecular formula is C14H18N2O. The van der Waals surface area contributed by atoms with Crippen molar-refractivity contribution in [2.24, 2.45) is 0 Å². The van der Waals surface area contributed by atoms with Crippen molar-refractivity contribution in [1.29, 1.82) is 0 Å². The maximum Gasteiger partial charge on any atom is 0.137 e. The van der Waals surface area contributed by atoms with E-state index in [0.717, 1.165) is 18.8 Å². The molecule has 0 saturated heterocycles. The topological polar surface area (TPSA) is 38.0 Å². The summed E-state index contributed by atoms with van der Waals surface area (Å²) in [5.41, 5.74) is 1.25. The second-order valence-electron chi connectivity index (χ2n) is 4.11. The number of benzene rings is 1. The largest absolute Gasteiger partial charge is 0.385 e. The van der Waals surface area contributed by atoms with Crippen LogP contribution in [-0.2, 0) is 13.0 Å². The van der Waals surface area contributed by atoms with Gasteiger partial charge in [0, 0.05) is 18.9 Å². The normalized spacial score (nSPS) is 12.6. The third-order valence-corrected chi connectivity index (χ3v) is 2.94. The molecule has 1 unspecified atom stereocenters. The molecule has 1 aromatic heterocycles. The Morgan fingerprint density at radius 1 is 1.29 bits per heavy atom. The van der Waals surface area contributed by atoms with E-state index in [1.807, 2.05) is 29.0 Å². The molecule has 3 heteroatoms. The van der Waals surface area contributed by atoms with Crippen molar-refractivity contribution in [2.45, 2.75) is 32.4 Å². The summed E-state index contributed by atoms with van der Waals surface area (Å²) in [6, 6.07) is 10.2. The number of aliphatic hydroxyl groups is 1. The first kappa shape index (κ1) is 11.9. The van der Waals surface area contributed by atoms with Crippen LogP contribution in [0.15, 0.2) is 42.7 Å². The number of hydrogen-bond acceptors (Lipinski definition) is 2. The number of aromatic nitrogens is 2. The number of imidazole rings is 1. The molecule has 0 aliphatic heterocycles. The smallest absolute Gasteiger partial charge is 0.137 e. The Labute approximate surface area is 102 Å². The summed E-state index contributed by atoms with van der Waals surface area (Å²) >= 11 is 0. The second-order valence-corrected chi connectivity index (χ2v) is 4.11. The lowest BCUT2D eigenvalue weighted by atomic mass is 10.1. The third-order valence-electron chi connectivity index (χ3n) is 2.94. The molecule has 1 heterocycles. The van der Waals surface area contributed by atoms with Gasteiger partial charge in [0.15, 0.2) is 0 Å². The summed E-state index contributed by atoms with van der Waals surface area (Å²) < 4.78 is 1.98. The molecule has 2 aromatic rings. The van der Waals surface area contributed by atoms with Gasteiger partial charge in [-0.3, -0.25) is 0 Å². The van der Waals surface area contributed by atoms with Gasteiger partial charge in [0.05, 0.1) is 0 Å². The zero-order valence-electron chi connectivity index (χ0n) is 10.1. The molecule has 0 saturated carbocycles. The molecule has 17 heavy (non-hydrogen) atoms. The summed E-state index contributed by atoms with van der Waals surface area (Å²) in [6.45, 7) is 2.90. The number of aryl methyl sites for hydroxylation is 2. The highest BCUT2D eigenvalue weighted by molar-refractivity contribution is 5.15. The fourth-order valence-electron chi connectivity index (χ4n) is 1.96. The maximum atomic E-state index is 10.1. The van der Waals surface area contributed by atoms with Crippen LogP contribution >= 0.6 is 0 Å². The molecule has 0 amide bonds. The van der Waals surface area contributed by atoms with Gasteiger partial charge in [-0.05, 0) is 25.3 Å². The fourth-order valence-corrected chi connectivity index (χ4v) is 1.96. The highest BCUT2D eigenvalue weighted by Crippen LogP contribution is 2.17. The lowest BCUT2D eigenvalue weighted by Gasteiger charge is -2.11. The molecular weight excluding hydrogens is 212 g/mol. The van der Waals surface area contributed by atoms with E-state index in [4.69, 9.17) is 0 Å². The lowest BCUT2D eigenvalue weighted by molar-refractivity contribution is 0.153. The minimum atomic E-state index is -0.481. The Kier molecular flexibility index (Phi) is 3.94. The maximum absolute atomic E-state index is 10.1. The van der Waals surface area contributed by atoms with E-state index in [1.54, 1.807) is 6.20 Å². The Bertz CT molecular complexity index is 450. The van der Waals surface area contributed by atoms with Crippen LogP contribution in [0.25, 0.3) is 0 Å². The molecule has 0 aliphatic rings. The van der Waals surface area contributed by atoms with Crippen LogP contribution < -0.4 is 0 Å². The van der Waals surface area contributed by atoms with Gasteiger partial charge in [-0.25, -0.2) is 4.98 Å². The van der Waals surface area contributed by atoms with E-state index in [9.17, 15) is 5.11 Å². The summed E-state index contributed by atoms with van der Waals surface area (Å²) in [5.74, 6) is 0.767. The molecule has 0 radical (unpaired) electrons. The number of aliphatic hydroxyl groups excluding tert-OH is 1. The predicted octanol–water partition coefficient (Wildman–Crippen LogP) is 2.57. The van der Waals surface area contributed by atoms with Crippen LogP contribution in [0.1, 0.15) is 30.8 Å². The van der Waals surface area contributed by atoms with Crippen molar-refractivity contribution in [1.82, 2.24) is 9.55 Å². The summed E-state index contributed by atoms with van der Waals surface area (Å²) in [4.78, 5) is 4.21. The lowest BCUT2D eigenvalue weighted by Crippen LogP contribution is -2.08.